The number of rotatable bonds is 5. The maximum atomic E-state index is 13.9. The number of hydrogen-bond donors (Lipinski definition) is 0. The summed E-state index contributed by atoms with van der Waals surface area (Å²) >= 11 is 0. The lowest BCUT2D eigenvalue weighted by Crippen LogP contribution is -2.19. The highest BCUT2D eigenvalue weighted by molar-refractivity contribution is 5.69. The van der Waals surface area contributed by atoms with Gasteiger partial charge in [0.2, 0.25) is 11.8 Å². The van der Waals surface area contributed by atoms with Crippen molar-refractivity contribution in [1.29, 1.82) is 0 Å². The minimum Gasteiger partial charge on any atom is -0.468 e. The SMILES string of the molecule is Fc1cccc(F)c1-c1nc(-c2ccc(-c3ccc(OCC(F)(F)F)nc3)cc2)co1. The molecule has 0 amide bonds. The number of hydrogen-bond acceptors (Lipinski definition) is 4. The maximum Gasteiger partial charge on any atom is 0.422 e. The summed E-state index contributed by atoms with van der Waals surface area (Å²) in [4.78, 5) is 8.03. The zero-order valence-electron chi connectivity index (χ0n) is 15.7. The quantitative estimate of drug-likeness (QED) is 0.348. The van der Waals surface area contributed by atoms with Crippen molar-refractivity contribution in [3.8, 4) is 39.7 Å². The molecule has 0 aliphatic rings. The molecule has 0 spiro atoms. The molecule has 4 nitrogen and oxygen atoms in total. The molecule has 0 atom stereocenters. The molecule has 0 unspecified atom stereocenters. The normalized spacial score (nSPS) is 11.5. The first-order valence-electron chi connectivity index (χ1n) is 8.96. The lowest BCUT2D eigenvalue weighted by atomic mass is 10.0. The fourth-order valence-electron chi connectivity index (χ4n) is 2.85. The van der Waals surface area contributed by atoms with Crippen LogP contribution < -0.4 is 4.74 Å². The molecule has 0 fully saturated rings. The van der Waals surface area contributed by atoms with Crippen LogP contribution in [-0.4, -0.2) is 22.8 Å². The Bertz CT molecular complexity index is 1170. The molecule has 4 rings (SSSR count). The first-order chi connectivity index (χ1) is 14.8. The van der Waals surface area contributed by atoms with E-state index in [1.165, 1.54) is 24.6 Å². The third-order valence-electron chi connectivity index (χ3n) is 4.31. The van der Waals surface area contributed by atoms with Crippen LogP contribution >= 0.6 is 0 Å². The van der Waals surface area contributed by atoms with Crippen LogP contribution in [0.3, 0.4) is 0 Å². The highest BCUT2D eigenvalue weighted by Gasteiger charge is 2.28. The van der Waals surface area contributed by atoms with Gasteiger partial charge in [0.15, 0.2) is 6.61 Å². The second-order valence-electron chi connectivity index (χ2n) is 6.50. The van der Waals surface area contributed by atoms with Gasteiger partial charge >= 0.3 is 6.18 Å². The summed E-state index contributed by atoms with van der Waals surface area (Å²) in [7, 11) is 0. The van der Waals surface area contributed by atoms with Crippen molar-refractivity contribution in [1.82, 2.24) is 9.97 Å². The van der Waals surface area contributed by atoms with Crippen LogP contribution in [0.25, 0.3) is 33.8 Å². The van der Waals surface area contributed by atoms with E-state index in [0.717, 1.165) is 17.7 Å². The average Bonchev–Trinajstić information content (AvgIpc) is 3.22. The van der Waals surface area contributed by atoms with Crippen LogP contribution in [0.2, 0.25) is 0 Å². The Morgan fingerprint density at radius 3 is 2.10 bits per heavy atom. The van der Waals surface area contributed by atoms with E-state index >= 15 is 0 Å². The topological polar surface area (TPSA) is 48.2 Å². The molecule has 2 heterocycles. The van der Waals surface area contributed by atoms with Crippen molar-refractivity contribution in [2.45, 2.75) is 6.18 Å². The summed E-state index contributed by atoms with van der Waals surface area (Å²) in [5, 5.41) is 0. The lowest BCUT2D eigenvalue weighted by molar-refractivity contribution is -0.154. The molecular weight excluding hydrogens is 419 g/mol. The molecule has 0 saturated heterocycles. The molecule has 2 aromatic carbocycles. The van der Waals surface area contributed by atoms with E-state index in [-0.39, 0.29) is 17.3 Å². The van der Waals surface area contributed by atoms with Crippen molar-refractivity contribution in [2.24, 2.45) is 0 Å². The number of nitrogens with zero attached hydrogens (tertiary/aromatic N) is 2. The summed E-state index contributed by atoms with van der Waals surface area (Å²) in [6.07, 6.45) is -1.74. The first kappa shape index (κ1) is 20.5. The minimum atomic E-state index is -4.44. The molecule has 0 saturated carbocycles. The zero-order valence-corrected chi connectivity index (χ0v) is 15.7. The van der Waals surface area contributed by atoms with Crippen molar-refractivity contribution in [2.75, 3.05) is 6.61 Å². The number of alkyl halides is 3. The number of aromatic nitrogens is 2. The van der Waals surface area contributed by atoms with Gasteiger partial charge in [0.1, 0.15) is 29.2 Å². The predicted molar refractivity (Wildman–Crippen MR) is 102 cm³/mol. The molecule has 4 aromatic rings. The molecule has 0 aliphatic heterocycles. The van der Waals surface area contributed by atoms with E-state index in [1.54, 1.807) is 30.3 Å². The molecule has 158 valence electrons. The standard InChI is InChI=1S/C22H13F5N2O2/c23-16-2-1-3-17(24)20(16)21-29-18(11-30-21)14-6-4-13(5-7-14)15-8-9-19(28-10-15)31-12-22(25,26)27/h1-11H,12H2. The fourth-order valence-corrected chi connectivity index (χ4v) is 2.85. The lowest BCUT2D eigenvalue weighted by Gasteiger charge is -2.09. The number of benzene rings is 2. The van der Waals surface area contributed by atoms with Crippen LogP contribution in [0, 0.1) is 11.6 Å². The van der Waals surface area contributed by atoms with Crippen molar-refractivity contribution in [3.63, 3.8) is 0 Å². The van der Waals surface area contributed by atoms with E-state index < -0.39 is 24.4 Å². The van der Waals surface area contributed by atoms with E-state index in [4.69, 9.17) is 4.42 Å². The van der Waals surface area contributed by atoms with E-state index in [2.05, 4.69) is 14.7 Å². The van der Waals surface area contributed by atoms with Crippen LogP contribution in [0.15, 0.2) is 71.5 Å². The van der Waals surface area contributed by atoms with Gasteiger partial charge in [-0.3, -0.25) is 0 Å². The van der Waals surface area contributed by atoms with Crippen LogP contribution in [0.4, 0.5) is 22.0 Å². The number of pyridine rings is 1. The summed E-state index contributed by atoms with van der Waals surface area (Å²) in [6.45, 7) is -1.41. The van der Waals surface area contributed by atoms with E-state index in [1.807, 2.05) is 0 Å². The molecule has 9 heteroatoms. The highest BCUT2D eigenvalue weighted by atomic mass is 19.4. The Morgan fingerprint density at radius 1 is 0.839 bits per heavy atom. The van der Waals surface area contributed by atoms with Crippen molar-refractivity contribution >= 4 is 0 Å². The van der Waals surface area contributed by atoms with Gasteiger partial charge in [0.05, 0.1) is 0 Å². The smallest absolute Gasteiger partial charge is 0.422 e. The Balaban J connectivity index is 1.51. The third kappa shape index (κ3) is 4.71. The summed E-state index contributed by atoms with van der Waals surface area (Å²) in [5.74, 6) is -1.86. The molecular formula is C22H13F5N2O2. The summed E-state index contributed by atoms with van der Waals surface area (Å²) in [5.41, 5.74) is 2.11. The van der Waals surface area contributed by atoms with Crippen LogP contribution in [0.5, 0.6) is 5.88 Å². The van der Waals surface area contributed by atoms with Gasteiger partial charge in [0.25, 0.3) is 0 Å². The number of halogens is 5. The Kier molecular flexibility index (Phi) is 5.41. The van der Waals surface area contributed by atoms with Gasteiger partial charge in [-0.2, -0.15) is 13.2 Å². The predicted octanol–water partition coefficient (Wildman–Crippen LogP) is 6.29. The van der Waals surface area contributed by atoms with E-state index in [9.17, 15) is 22.0 Å². The van der Waals surface area contributed by atoms with Gasteiger partial charge < -0.3 is 9.15 Å². The second-order valence-corrected chi connectivity index (χ2v) is 6.50. The molecule has 0 aliphatic carbocycles. The molecule has 31 heavy (non-hydrogen) atoms. The first-order valence-corrected chi connectivity index (χ1v) is 8.96. The van der Waals surface area contributed by atoms with E-state index in [0.29, 0.717) is 16.8 Å². The molecule has 0 N–H and O–H groups in total. The third-order valence-corrected chi connectivity index (χ3v) is 4.31. The van der Waals surface area contributed by atoms with Crippen LogP contribution in [0.1, 0.15) is 0 Å². The molecule has 0 bridgehead atoms. The summed E-state index contributed by atoms with van der Waals surface area (Å²) < 4.78 is 74.3. The average molecular weight is 432 g/mol. The Morgan fingerprint density at radius 2 is 1.48 bits per heavy atom. The monoisotopic (exact) mass is 432 g/mol. The molecule has 2 aromatic heterocycles. The summed E-state index contributed by atoms with van der Waals surface area (Å²) in [6, 6.07) is 13.4. The van der Waals surface area contributed by atoms with Gasteiger partial charge in [-0.1, -0.05) is 30.3 Å². The van der Waals surface area contributed by atoms with Crippen LogP contribution in [-0.2, 0) is 0 Å². The second kappa shape index (κ2) is 8.17. The minimum absolute atomic E-state index is 0.131. The number of ether oxygens (including phenoxy) is 1. The van der Waals surface area contributed by atoms with Gasteiger partial charge in [-0.15, -0.1) is 0 Å². The Labute approximate surface area is 173 Å². The van der Waals surface area contributed by atoms with Gasteiger partial charge in [-0.25, -0.2) is 18.7 Å². The molecule has 0 radical (unpaired) electrons. The highest BCUT2D eigenvalue weighted by Crippen LogP contribution is 2.30. The fraction of sp³-hybridized carbons (Fsp3) is 0.0909. The van der Waals surface area contributed by atoms with Crippen molar-refractivity contribution < 1.29 is 31.1 Å². The van der Waals surface area contributed by atoms with Gasteiger partial charge in [-0.05, 0) is 23.8 Å². The van der Waals surface area contributed by atoms with Crippen molar-refractivity contribution in [3.05, 3.63) is 78.7 Å². The Hall–Kier alpha value is -3.75. The largest absolute Gasteiger partial charge is 0.468 e. The van der Waals surface area contributed by atoms with Gasteiger partial charge in [0, 0.05) is 23.4 Å². The number of oxazole rings is 1. The maximum absolute atomic E-state index is 13.9. The zero-order chi connectivity index (χ0) is 22.0.